The van der Waals surface area contributed by atoms with E-state index < -0.39 is 14.9 Å². The quantitative estimate of drug-likeness (QED) is 0.343. The van der Waals surface area contributed by atoms with Gasteiger partial charge < -0.3 is 0 Å². The highest BCUT2D eigenvalue weighted by molar-refractivity contribution is 7.92. The third-order valence-corrected chi connectivity index (χ3v) is 6.68. The fourth-order valence-electron chi connectivity index (χ4n) is 3.38. The lowest BCUT2D eigenvalue weighted by Gasteiger charge is -2.23. The van der Waals surface area contributed by atoms with Crippen LogP contribution in [0.15, 0.2) is 84.0 Å². The predicted octanol–water partition coefficient (Wildman–Crippen LogP) is 4.15. The number of anilines is 1. The summed E-state index contributed by atoms with van der Waals surface area (Å²) < 4.78 is 29.3. The lowest BCUT2D eigenvalue weighted by atomic mass is 10.2. The predicted molar refractivity (Wildman–Crippen MR) is 114 cm³/mol. The summed E-state index contributed by atoms with van der Waals surface area (Å²) in [6.45, 7) is 1.90. The molecule has 0 saturated carbocycles. The molecule has 3 aromatic carbocycles. The summed E-state index contributed by atoms with van der Waals surface area (Å²) in [5.41, 5.74) is 1.80. The Morgan fingerprint density at radius 2 is 1.73 bits per heavy atom. The molecule has 0 aliphatic carbocycles. The molecule has 9 heteroatoms. The molecule has 0 saturated heterocycles. The van der Waals surface area contributed by atoms with Gasteiger partial charge in [-0.2, -0.15) is 0 Å². The zero-order chi connectivity index (χ0) is 21.3. The van der Waals surface area contributed by atoms with Crippen LogP contribution in [0.5, 0.6) is 0 Å². The van der Waals surface area contributed by atoms with Crippen LogP contribution < -0.4 is 4.31 Å². The van der Waals surface area contributed by atoms with E-state index in [1.165, 1.54) is 22.8 Å². The van der Waals surface area contributed by atoms with E-state index >= 15 is 0 Å². The number of sulfonamides is 1. The Balaban J connectivity index is 1.85. The number of aromatic nitrogens is 2. The molecule has 0 unspecified atom stereocenters. The minimum atomic E-state index is -3.98. The maximum absolute atomic E-state index is 13.2. The van der Waals surface area contributed by atoms with Gasteiger partial charge in [-0.05, 0) is 43.3 Å². The van der Waals surface area contributed by atoms with E-state index in [1.807, 2.05) is 12.1 Å². The van der Waals surface area contributed by atoms with Crippen LogP contribution in [0.4, 0.5) is 11.4 Å². The minimum Gasteiger partial charge on any atom is -0.293 e. The van der Waals surface area contributed by atoms with Gasteiger partial charge in [0.25, 0.3) is 15.7 Å². The molecule has 0 bridgehead atoms. The molecule has 152 valence electrons. The van der Waals surface area contributed by atoms with E-state index in [2.05, 4.69) is 4.98 Å². The van der Waals surface area contributed by atoms with Gasteiger partial charge in [0.2, 0.25) is 0 Å². The Labute approximate surface area is 173 Å². The number of hydrogen-bond acceptors (Lipinski definition) is 5. The van der Waals surface area contributed by atoms with Crippen molar-refractivity contribution in [2.75, 3.05) is 10.8 Å². The number of nitrogens with zero attached hydrogens (tertiary/aromatic N) is 4. The van der Waals surface area contributed by atoms with Crippen LogP contribution in [0.3, 0.4) is 0 Å². The second-order valence-electron chi connectivity index (χ2n) is 6.52. The maximum atomic E-state index is 13.2. The highest BCUT2D eigenvalue weighted by atomic mass is 32.2. The molecular weight excluding hydrogens is 404 g/mol. The lowest BCUT2D eigenvalue weighted by Crippen LogP contribution is -2.30. The van der Waals surface area contributed by atoms with Crippen LogP contribution in [0, 0.1) is 10.1 Å². The van der Waals surface area contributed by atoms with Crippen molar-refractivity contribution >= 4 is 32.4 Å². The monoisotopic (exact) mass is 422 g/mol. The van der Waals surface area contributed by atoms with Gasteiger partial charge in [-0.25, -0.2) is 13.4 Å². The first-order valence-corrected chi connectivity index (χ1v) is 10.7. The first-order chi connectivity index (χ1) is 14.4. The second kappa shape index (κ2) is 7.60. The van der Waals surface area contributed by atoms with Crippen LogP contribution in [0.1, 0.15) is 6.92 Å². The average molecular weight is 422 g/mol. The largest absolute Gasteiger partial charge is 0.294 e. The Kier molecular flexibility index (Phi) is 4.96. The lowest BCUT2D eigenvalue weighted by molar-refractivity contribution is -0.384. The van der Waals surface area contributed by atoms with Crippen LogP contribution in [-0.2, 0) is 10.0 Å². The van der Waals surface area contributed by atoms with Gasteiger partial charge >= 0.3 is 0 Å². The number of hydrogen-bond donors (Lipinski definition) is 0. The van der Waals surface area contributed by atoms with Gasteiger partial charge in [0.1, 0.15) is 12.0 Å². The molecule has 8 nitrogen and oxygen atoms in total. The molecule has 1 heterocycles. The van der Waals surface area contributed by atoms with Gasteiger partial charge in [-0.15, -0.1) is 0 Å². The van der Waals surface area contributed by atoms with Gasteiger partial charge in [0.15, 0.2) is 0 Å². The maximum Gasteiger partial charge on any atom is 0.294 e. The molecule has 4 rings (SSSR count). The smallest absolute Gasteiger partial charge is 0.293 e. The van der Waals surface area contributed by atoms with Crippen molar-refractivity contribution in [3.63, 3.8) is 0 Å². The number of para-hydroxylation sites is 3. The summed E-state index contributed by atoms with van der Waals surface area (Å²) in [7, 11) is -3.98. The molecule has 0 atom stereocenters. The van der Waals surface area contributed by atoms with E-state index in [1.54, 1.807) is 54.0 Å². The molecule has 30 heavy (non-hydrogen) atoms. The van der Waals surface area contributed by atoms with Crippen LogP contribution in [0.2, 0.25) is 0 Å². The normalized spacial score (nSPS) is 11.5. The Bertz CT molecular complexity index is 1330. The Morgan fingerprint density at radius 1 is 1.03 bits per heavy atom. The number of nitro benzene ring substituents is 1. The standard InChI is InChI=1S/C21H18N4O4S/c1-2-24(16-8-4-3-5-9-16)30(28,29)17-12-13-20(21(14-17)25(26)27)23-15-22-18-10-6-7-11-19(18)23/h3-15H,2H2,1H3. The number of nitro groups is 1. The molecule has 0 aliphatic heterocycles. The summed E-state index contributed by atoms with van der Waals surface area (Å²) in [5, 5.41) is 11.8. The third kappa shape index (κ3) is 3.29. The van der Waals surface area contributed by atoms with Crippen molar-refractivity contribution in [2.45, 2.75) is 11.8 Å². The molecular formula is C21H18N4O4S. The first-order valence-electron chi connectivity index (χ1n) is 9.22. The Hall–Kier alpha value is -3.72. The fourth-order valence-corrected chi connectivity index (χ4v) is 4.87. The van der Waals surface area contributed by atoms with Crippen molar-refractivity contribution in [2.24, 2.45) is 0 Å². The van der Waals surface area contributed by atoms with Crippen molar-refractivity contribution in [3.8, 4) is 5.69 Å². The van der Waals surface area contributed by atoms with Crippen LogP contribution in [0.25, 0.3) is 16.7 Å². The van der Waals surface area contributed by atoms with Crippen molar-refractivity contribution in [1.82, 2.24) is 9.55 Å². The van der Waals surface area contributed by atoms with Crippen LogP contribution in [-0.4, -0.2) is 29.4 Å². The zero-order valence-corrected chi connectivity index (χ0v) is 16.9. The van der Waals surface area contributed by atoms with Crippen molar-refractivity contribution < 1.29 is 13.3 Å². The zero-order valence-electron chi connectivity index (χ0n) is 16.0. The third-order valence-electron chi connectivity index (χ3n) is 4.78. The molecule has 0 spiro atoms. The summed E-state index contributed by atoms with van der Waals surface area (Å²) in [5.74, 6) is 0. The van der Waals surface area contributed by atoms with E-state index in [4.69, 9.17) is 0 Å². The number of imidazole rings is 1. The van der Waals surface area contributed by atoms with E-state index in [0.717, 1.165) is 6.07 Å². The van der Waals surface area contributed by atoms with Gasteiger partial charge in [-0.3, -0.25) is 19.0 Å². The summed E-state index contributed by atoms with van der Waals surface area (Å²) in [6, 6.07) is 19.8. The number of benzene rings is 3. The van der Waals surface area contributed by atoms with Crippen molar-refractivity contribution in [1.29, 1.82) is 0 Å². The molecule has 0 fully saturated rings. The van der Waals surface area contributed by atoms with Gasteiger partial charge in [0.05, 0.1) is 26.5 Å². The van der Waals surface area contributed by atoms with Gasteiger partial charge in [0, 0.05) is 12.6 Å². The van der Waals surface area contributed by atoms with Crippen LogP contribution >= 0.6 is 0 Å². The molecule has 0 amide bonds. The molecule has 4 aromatic rings. The highest BCUT2D eigenvalue weighted by Crippen LogP contribution is 2.31. The Morgan fingerprint density at radius 3 is 2.43 bits per heavy atom. The average Bonchev–Trinajstić information content (AvgIpc) is 3.18. The highest BCUT2D eigenvalue weighted by Gasteiger charge is 2.27. The number of rotatable bonds is 6. The van der Waals surface area contributed by atoms with E-state index in [9.17, 15) is 18.5 Å². The van der Waals surface area contributed by atoms with Gasteiger partial charge in [-0.1, -0.05) is 30.3 Å². The molecule has 0 N–H and O–H groups in total. The second-order valence-corrected chi connectivity index (χ2v) is 8.38. The minimum absolute atomic E-state index is 0.145. The molecule has 1 aromatic heterocycles. The summed E-state index contributed by atoms with van der Waals surface area (Å²) in [6.07, 6.45) is 1.49. The summed E-state index contributed by atoms with van der Waals surface area (Å²) in [4.78, 5) is 15.3. The molecule has 0 aliphatic rings. The first kappa shape index (κ1) is 19.6. The van der Waals surface area contributed by atoms with E-state index in [0.29, 0.717) is 16.7 Å². The van der Waals surface area contributed by atoms with Crippen molar-refractivity contribution in [3.05, 3.63) is 89.2 Å². The number of fused-ring (bicyclic) bond motifs is 1. The van der Waals surface area contributed by atoms with E-state index in [-0.39, 0.29) is 22.8 Å². The molecule has 0 radical (unpaired) electrons. The SMILES string of the molecule is CCN(c1ccccc1)S(=O)(=O)c1ccc(-n2cnc3ccccc32)c([N+](=O)[O-])c1. The topological polar surface area (TPSA) is 98.3 Å². The fraction of sp³-hybridized carbons (Fsp3) is 0.0952. The summed E-state index contributed by atoms with van der Waals surface area (Å²) >= 11 is 0.